The van der Waals surface area contributed by atoms with E-state index < -0.39 is 0 Å². The summed E-state index contributed by atoms with van der Waals surface area (Å²) in [6.07, 6.45) is 4.46. The third-order valence-electron chi connectivity index (χ3n) is 4.88. The van der Waals surface area contributed by atoms with Gasteiger partial charge in [0.2, 0.25) is 0 Å². The molecule has 4 heteroatoms. The lowest BCUT2D eigenvalue weighted by atomic mass is 9.88. The van der Waals surface area contributed by atoms with Gasteiger partial charge in [-0.3, -0.25) is 14.5 Å². The van der Waals surface area contributed by atoms with Gasteiger partial charge < -0.3 is 0 Å². The summed E-state index contributed by atoms with van der Waals surface area (Å²) in [5, 5.41) is 1.27. The van der Waals surface area contributed by atoms with Crippen LogP contribution >= 0.6 is 0 Å². The van der Waals surface area contributed by atoms with Crippen molar-refractivity contribution in [2.75, 3.05) is 20.7 Å². The van der Waals surface area contributed by atoms with Crippen molar-refractivity contribution in [1.29, 1.82) is 0 Å². The fourth-order valence-electron chi connectivity index (χ4n) is 2.86. The van der Waals surface area contributed by atoms with Crippen LogP contribution in [0, 0.1) is 5.92 Å². The Morgan fingerprint density at radius 3 is 1.74 bits per heavy atom. The van der Waals surface area contributed by atoms with Crippen molar-refractivity contribution in [3.63, 3.8) is 0 Å². The molecule has 146 valence electrons. The van der Waals surface area contributed by atoms with Gasteiger partial charge in [0, 0.05) is 20.1 Å². The van der Waals surface area contributed by atoms with E-state index in [9.17, 15) is 4.79 Å². The van der Waals surface area contributed by atoms with E-state index in [1.807, 2.05) is 36.4 Å². The number of hydroxylamine groups is 2. The summed E-state index contributed by atoms with van der Waals surface area (Å²) in [7, 11) is 3.13. The molecule has 0 spiro atoms. The summed E-state index contributed by atoms with van der Waals surface area (Å²) in [4.78, 5) is 19.2. The summed E-state index contributed by atoms with van der Waals surface area (Å²) in [5.41, 5.74) is 2.37. The molecule has 0 saturated heterocycles. The normalized spacial score (nSPS) is 13.5. The molecular weight excluding hydrogens is 336 g/mol. The van der Waals surface area contributed by atoms with Gasteiger partial charge in [0.1, 0.15) is 0 Å². The van der Waals surface area contributed by atoms with Crippen molar-refractivity contribution in [3.05, 3.63) is 71.8 Å². The van der Waals surface area contributed by atoms with Gasteiger partial charge in [-0.25, -0.2) is 5.06 Å². The third-order valence-corrected chi connectivity index (χ3v) is 4.88. The smallest absolute Gasteiger partial charge is 0.260 e. The molecule has 0 unspecified atom stereocenters. The zero-order valence-electron chi connectivity index (χ0n) is 16.8. The SMILES string of the molecule is CC1CCC1.CON(C)C(=O)CN(Cc1ccccc1)Cc1ccccc1. The van der Waals surface area contributed by atoms with E-state index in [0.717, 1.165) is 19.0 Å². The van der Waals surface area contributed by atoms with Gasteiger partial charge in [-0.2, -0.15) is 0 Å². The standard InChI is InChI=1S/C18H22N2O2.C5H10/c1-19(22-2)18(21)15-20(13-16-9-5-3-6-10-16)14-17-11-7-4-8-12-17;1-5-3-2-4-5/h3-12H,13-15H2,1-2H3;5H,2-4H2,1H3. The molecule has 0 N–H and O–H groups in total. The van der Waals surface area contributed by atoms with Crippen LogP contribution < -0.4 is 0 Å². The molecule has 0 radical (unpaired) electrons. The minimum atomic E-state index is -0.0608. The summed E-state index contributed by atoms with van der Waals surface area (Å²) >= 11 is 0. The highest BCUT2D eigenvalue weighted by atomic mass is 16.7. The quantitative estimate of drug-likeness (QED) is 0.674. The Labute approximate surface area is 163 Å². The molecule has 3 rings (SSSR count). The molecule has 0 atom stereocenters. The van der Waals surface area contributed by atoms with Crippen molar-refractivity contribution >= 4 is 5.91 Å². The molecule has 0 aromatic heterocycles. The van der Waals surface area contributed by atoms with Gasteiger partial charge in [0.15, 0.2) is 0 Å². The number of rotatable bonds is 7. The lowest BCUT2D eigenvalue weighted by Crippen LogP contribution is -2.37. The second-order valence-corrected chi connectivity index (χ2v) is 7.23. The minimum absolute atomic E-state index is 0.0608. The molecule has 0 aliphatic heterocycles. The molecule has 2 aromatic carbocycles. The molecule has 1 amide bonds. The van der Waals surface area contributed by atoms with Crippen LogP contribution in [0.5, 0.6) is 0 Å². The van der Waals surface area contributed by atoms with Crippen LogP contribution in [0.25, 0.3) is 0 Å². The number of hydrogen-bond acceptors (Lipinski definition) is 3. The Morgan fingerprint density at radius 1 is 0.963 bits per heavy atom. The van der Waals surface area contributed by atoms with Crippen LogP contribution in [0.1, 0.15) is 37.3 Å². The highest BCUT2D eigenvalue weighted by Gasteiger charge is 2.15. The second kappa shape index (κ2) is 11.5. The zero-order valence-corrected chi connectivity index (χ0v) is 16.8. The first-order valence-corrected chi connectivity index (χ1v) is 9.69. The van der Waals surface area contributed by atoms with Gasteiger partial charge in [0.05, 0.1) is 13.7 Å². The maximum atomic E-state index is 12.1. The van der Waals surface area contributed by atoms with Gasteiger partial charge in [-0.15, -0.1) is 0 Å². The second-order valence-electron chi connectivity index (χ2n) is 7.23. The van der Waals surface area contributed by atoms with Gasteiger partial charge in [-0.05, 0) is 17.0 Å². The molecule has 1 saturated carbocycles. The monoisotopic (exact) mass is 368 g/mol. The van der Waals surface area contributed by atoms with E-state index in [2.05, 4.69) is 36.1 Å². The summed E-state index contributed by atoms with van der Waals surface area (Å²) in [6.45, 7) is 4.07. The average molecular weight is 369 g/mol. The largest absolute Gasteiger partial charge is 0.286 e. The molecular formula is C23H32N2O2. The number of carbonyl (C=O) groups is 1. The van der Waals surface area contributed by atoms with Crippen LogP contribution in [0.3, 0.4) is 0 Å². The number of benzene rings is 2. The van der Waals surface area contributed by atoms with E-state index in [-0.39, 0.29) is 5.91 Å². The van der Waals surface area contributed by atoms with Gasteiger partial charge >= 0.3 is 0 Å². The number of hydrogen-bond donors (Lipinski definition) is 0. The van der Waals surface area contributed by atoms with Crippen molar-refractivity contribution in [2.24, 2.45) is 5.92 Å². The Kier molecular flexibility index (Phi) is 9.02. The van der Waals surface area contributed by atoms with Crippen LogP contribution in [-0.2, 0) is 22.7 Å². The molecule has 27 heavy (non-hydrogen) atoms. The Morgan fingerprint density at radius 2 is 1.41 bits per heavy atom. The first-order chi connectivity index (χ1) is 13.1. The van der Waals surface area contributed by atoms with E-state index in [1.54, 1.807) is 7.05 Å². The third kappa shape index (κ3) is 7.94. The van der Waals surface area contributed by atoms with Crippen molar-refractivity contribution in [1.82, 2.24) is 9.96 Å². The zero-order chi connectivity index (χ0) is 19.5. The van der Waals surface area contributed by atoms with E-state index in [1.165, 1.54) is 42.6 Å². The van der Waals surface area contributed by atoms with Crippen LogP contribution in [0.2, 0.25) is 0 Å². The first-order valence-electron chi connectivity index (χ1n) is 9.69. The molecule has 2 aromatic rings. The molecule has 1 fully saturated rings. The Bertz CT molecular complexity index is 615. The molecule has 0 bridgehead atoms. The average Bonchev–Trinajstić information content (AvgIpc) is 2.67. The number of carbonyl (C=O) groups excluding carboxylic acids is 1. The van der Waals surface area contributed by atoms with E-state index >= 15 is 0 Å². The maximum absolute atomic E-state index is 12.1. The minimum Gasteiger partial charge on any atom is -0.286 e. The highest BCUT2D eigenvalue weighted by Crippen LogP contribution is 2.24. The van der Waals surface area contributed by atoms with Gasteiger partial charge in [0.25, 0.3) is 5.91 Å². The Hall–Kier alpha value is -2.17. The number of likely N-dealkylation sites (N-methyl/N-ethyl adjacent to an activating group) is 1. The van der Waals surface area contributed by atoms with E-state index in [0.29, 0.717) is 6.54 Å². The molecule has 1 aliphatic rings. The predicted molar refractivity (Wildman–Crippen MR) is 110 cm³/mol. The fraction of sp³-hybridized carbons (Fsp3) is 0.435. The van der Waals surface area contributed by atoms with Crippen molar-refractivity contribution < 1.29 is 9.63 Å². The lowest BCUT2D eigenvalue weighted by molar-refractivity contribution is -0.170. The number of nitrogens with zero attached hydrogens (tertiary/aromatic N) is 2. The summed E-state index contributed by atoms with van der Waals surface area (Å²) in [5.74, 6) is 1.00. The van der Waals surface area contributed by atoms with Crippen molar-refractivity contribution in [2.45, 2.75) is 39.3 Å². The predicted octanol–water partition coefficient (Wildman–Crippen LogP) is 4.52. The molecule has 1 aliphatic carbocycles. The van der Waals surface area contributed by atoms with Crippen LogP contribution in [-0.4, -0.2) is 36.6 Å². The maximum Gasteiger partial charge on any atom is 0.260 e. The Balaban J connectivity index is 0.000000451. The molecule has 4 nitrogen and oxygen atoms in total. The topological polar surface area (TPSA) is 32.8 Å². The fourth-order valence-corrected chi connectivity index (χ4v) is 2.86. The highest BCUT2D eigenvalue weighted by molar-refractivity contribution is 5.76. The van der Waals surface area contributed by atoms with Crippen LogP contribution in [0.15, 0.2) is 60.7 Å². The summed E-state index contributed by atoms with van der Waals surface area (Å²) < 4.78 is 0. The van der Waals surface area contributed by atoms with Crippen molar-refractivity contribution in [3.8, 4) is 0 Å². The van der Waals surface area contributed by atoms with Gasteiger partial charge in [-0.1, -0.05) is 86.8 Å². The lowest BCUT2D eigenvalue weighted by Gasteiger charge is -2.24. The van der Waals surface area contributed by atoms with Crippen LogP contribution in [0.4, 0.5) is 0 Å². The van der Waals surface area contributed by atoms with E-state index in [4.69, 9.17) is 4.84 Å². The summed E-state index contributed by atoms with van der Waals surface area (Å²) in [6, 6.07) is 20.3. The first kappa shape index (κ1) is 21.1. The number of amides is 1. The molecule has 0 heterocycles.